The Hall–Kier alpha value is -0.810. The molecule has 2 saturated carbocycles. The zero-order chi connectivity index (χ0) is 23.5. The van der Waals surface area contributed by atoms with Crippen molar-refractivity contribution in [3.63, 3.8) is 0 Å². The maximum atomic E-state index is 10.6. The topological polar surface area (TPSA) is 60.7 Å². The molecule has 0 heterocycles. The second-order valence-electron chi connectivity index (χ2n) is 10.4. The van der Waals surface area contributed by atoms with E-state index in [1.807, 2.05) is 11.8 Å². The summed E-state index contributed by atoms with van der Waals surface area (Å²) >= 11 is 1.92. The molecule has 6 atom stereocenters. The van der Waals surface area contributed by atoms with Crippen molar-refractivity contribution in [1.29, 1.82) is 0 Å². The molecule has 3 rings (SSSR count). The third-order valence-corrected chi connectivity index (χ3v) is 9.71. The lowest BCUT2D eigenvalue weighted by atomic mass is 9.64. The van der Waals surface area contributed by atoms with Crippen LogP contribution < -0.4 is 0 Å². The molecular formula is C28H44O3S. The van der Waals surface area contributed by atoms with Crippen LogP contribution in [0.4, 0.5) is 0 Å². The summed E-state index contributed by atoms with van der Waals surface area (Å²) in [5, 5.41) is 31.2. The standard InChI is InChI=1S/C28H44O3S/c1-6-20(7-2)27(31)17-32-19(4)24-12-13-25-21(9-8-14-28(24,25)5)10-11-22-15-23(29)16-26(30)18(22)3/h10-12,19-20,23,25-27,29-31H,3,6-9,13-17H2,1-2,4-5H3/b21-10+,22-11-/t19-,23-,25?,26+,27-,28-/m1/s1. The van der Waals surface area contributed by atoms with Crippen LogP contribution in [0, 0.1) is 17.3 Å². The molecule has 0 bridgehead atoms. The maximum Gasteiger partial charge on any atom is 0.0811 e. The first-order valence-corrected chi connectivity index (χ1v) is 13.7. The lowest BCUT2D eigenvalue weighted by Gasteiger charge is -2.42. The van der Waals surface area contributed by atoms with Gasteiger partial charge in [0.05, 0.1) is 18.3 Å². The van der Waals surface area contributed by atoms with E-state index >= 15 is 0 Å². The van der Waals surface area contributed by atoms with Gasteiger partial charge in [-0.2, -0.15) is 11.8 Å². The molecule has 3 N–H and O–H groups in total. The largest absolute Gasteiger partial charge is 0.393 e. The smallest absolute Gasteiger partial charge is 0.0811 e. The molecule has 2 fully saturated rings. The Labute approximate surface area is 199 Å². The molecule has 3 aliphatic carbocycles. The van der Waals surface area contributed by atoms with Crippen LogP contribution in [0.2, 0.25) is 0 Å². The molecule has 4 heteroatoms. The second-order valence-corrected chi connectivity index (χ2v) is 11.8. The highest BCUT2D eigenvalue weighted by molar-refractivity contribution is 8.00. The van der Waals surface area contributed by atoms with Gasteiger partial charge in [-0.15, -0.1) is 0 Å². The molecule has 0 aromatic rings. The van der Waals surface area contributed by atoms with Gasteiger partial charge in [-0.3, -0.25) is 0 Å². The molecule has 0 radical (unpaired) electrons. The molecule has 0 saturated heterocycles. The zero-order valence-corrected chi connectivity index (χ0v) is 21.3. The summed E-state index contributed by atoms with van der Waals surface area (Å²) in [5.41, 5.74) is 5.00. The predicted molar refractivity (Wildman–Crippen MR) is 137 cm³/mol. The number of allylic oxidation sites excluding steroid dienone is 4. The van der Waals surface area contributed by atoms with Gasteiger partial charge in [0.2, 0.25) is 0 Å². The van der Waals surface area contributed by atoms with E-state index in [-0.39, 0.29) is 11.5 Å². The van der Waals surface area contributed by atoms with Crippen molar-refractivity contribution in [2.24, 2.45) is 17.3 Å². The Morgan fingerprint density at radius 1 is 1.25 bits per heavy atom. The number of rotatable bonds is 8. The Morgan fingerprint density at radius 3 is 2.66 bits per heavy atom. The average molecular weight is 461 g/mol. The molecule has 1 unspecified atom stereocenters. The highest BCUT2D eigenvalue weighted by Crippen LogP contribution is 2.56. The highest BCUT2D eigenvalue weighted by Gasteiger charge is 2.46. The minimum atomic E-state index is -0.631. The number of aliphatic hydroxyl groups is 3. The van der Waals surface area contributed by atoms with Crippen LogP contribution in [-0.4, -0.2) is 44.6 Å². The quantitative estimate of drug-likeness (QED) is 0.391. The van der Waals surface area contributed by atoms with Gasteiger partial charge in [0, 0.05) is 17.4 Å². The van der Waals surface area contributed by atoms with Crippen LogP contribution in [0.1, 0.15) is 79.1 Å². The van der Waals surface area contributed by atoms with Gasteiger partial charge in [0.15, 0.2) is 0 Å². The van der Waals surface area contributed by atoms with Gasteiger partial charge in [0.1, 0.15) is 0 Å². The fraction of sp³-hybridized carbons (Fsp3) is 0.714. The van der Waals surface area contributed by atoms with Crippen LogP contribution in [0.25, 0.3) is 0 Å². The molecule has 0 aromatic carbocycles. The van der Waals surface area contributed by atoms with E-state index in [1.54, 1.807) is 5.57 Å². The van der Waals surface area contributed by atoms with Crippen molar-refractivity contribution in [2.75, 3.05) is 5.75 Å². The van der Waals surface area contributed by atoms with E-state index in [1.165, 1.54) is 18.4 Å². The van der Waals surface area contributed by atoms with Crippen molar-refractivity contribution in [3.05, 3.63) is 47.1 Å². The molecule has 32 heavy (non-hydrogen) atoms. The molecule has 3 aliphatic rings. The molecule has 0 spiro atoms. The third kappa shape index (κ3) is 5.46. The van der Waals surface area contributed by atoms with Crippen molar-refractivity contribution < 1.29 is 15.3 Å². The van der Waals surface area contributed by atoms with E-state index in [0.29, 0.717) is 29.9 Å². The van der Waals surface area contributed by atoms with Gasteiger partial charge in [-0.1, -0.05) is 69.6 Å². The Bertz CT molecular complexity index is 763. The normalized spacial score (nSPS) is 35.3. The molecule has 180 valence electrons. The summed E-state index contributed by atoms with van der Waals surface area (Å²) in [6, 6.07) is 0. The molecule has 0 aliphatic heterocycles. The van der Waals surface area contributed by atoms with Gasteiger partial charge >= 0.3 is 0 Å². The number of hydrogen-bond acceptors (Lipinski definition) is 4. The first-order chi connectivity index (χ1) is 15.2. The Balaban J connectivity index is 1.69. The van der Waals surface area contributed by atoms with Crippen molar-refractivity contribution in [3.8, 4) is 0 Å². The lowest BCUT2D eigenvalue weighted by Crippen LogP contribution is -2.33. The summed E-state index contributed by atoms with van der Waals surface area (Å²) in [7, 11) is 0. The number of thioether (sulfide) groups is 1. The number of aliphatic hydroxyl groups excluding tert-OH is 3. The fourth-order valence-corrected chi connectivity index (χ4v) is 7.55. The van der Waals surface area contributed by atoms with Gasteiger partial charge in [0.25, 0.3) is 0 Å². The fourth-order valence-electron chi connectivity index (χ4n) is 6.25. The molecule has 3 nitrogen and oxygen atoms in total. The Kier molecular flexibility index (Phi) is 8.93. The van der Waals surface area contributed by atoms with Crippen LogP contribution in [-0.2, 0) is 0 Å². The average Bonchev–Trinajstić information content (AvgIpc) is 3.12. The molecule has 0 amide bonds. The monoisotopic (exact) mass is 460 g/mol. The van der Waals surface area contributed by atoms with Crippen LogP contribution in [0.15, 0.2) is 47.1 Å². The SMILES string of the molecule is C=C1/C(=C\C=C2/CCC[C@]3(C)C([C@@H](C)SC[C@@H](O)C(CC)CC)=CCC23)C[C@@H](O)C[C@@H]1O. The highest BCUT2D eigenvalue weighted by atomic mass is 32.2. The van der Waals surface area contributed by atoms with Crippen molar-refractivity contribution >= 4 is 11.8 Å². The van der Waals surface area contributed by atoms with Crippen LogP contribution in [0.3, 0.4) is 0 Å². The summed E-state index contributed by atoms with van der Waals surface area (Å²) in [6.45, 7) is 13.2. The van der Waals surface area contributed by atoms with E-state index in [4.69, 9.17) is 0 Å². The van der Waals surface area contributed by atoms with Gasteiger partial charge in [-0.05, 0) is 67.4 Å². The van der Waals surface area contributed by atoms with Crippen molar-refractivity contribution in [2.45, 2.75) is 103 Å². The second kappa shape index (κ2) is 11.1. The summed E-state index contributed by atoms with van der Waals surface area (Å²) in [5.74, 6) is 1.74. The number of hydrogen-bond donors (Lipinski definition) is 3. The molecular weight excluding hydrogens is 416 g/mol. The lowest BCUT2D eigenvalue weighted by molar-refractivity contribution is 0.0862. The minimum absolute atomic E-state index is 0.192. The number of fused-ring (bicyclic) bond motifs is 1. The van der Waals surface area contributed by atoms with E-state index in [2.05, 4.69) is 52.5 Å². The van der Waals surface area contributed by atoms with E-state index in [0.717, 1.165) is 42.6 Å². The summed E-state index contributed by atoms with van der Waals surface area (Å²) in [4.78, 5) is 0. The maximum absolute atomic E-state index is 10.6. The van der Waals surface area contributed by atoms with E-state index in [9.17, 15) is 15.3 Å². The van der Waals surface area contributed by atoms with Crippen LogP contribution in [0.5, 0.6) is 0 Å². The first kappa shape index (κ1) is 25.8. The minimum Gasteiger partial charge on any atom is -0.393 e. The van der Waals surface area contributed by atoms with Crippen LogP contribution >= 0.6 is 11.8 Å². The Morgan fingerprint density at radius 2 is 1.97 bits per heavy atom. The first-order valence-electron chi connectivity index (χ1n) is 12.7. The molecule has 0 aromatic heterocycles. The zero-order valence-electron chi connectivity index (χ0n) is 20.5. The predicted octanol–water partition coefficient (Wildman–Crippen LogP) is 5.97. The van der Waals surface area contributed by atoms with Gasteiger partial charge < -0.3 is 15.3 Å². The summed E-state index contributed by atoms with van der Waals surface area (Å²) < 4.78 is 0. The van der Waals surface area contributed by atoms with E-state index < -0.39 is 12.2 Å². The third-order valence-electron chi connectivity index (χ3n) is 8.42. The van der Waals surface area contributed by atoms with Gasteiger partial charge in [-0.25, -0.2) is 0 Å². The summed E-state index contributed by atoms with van der Waals surface area (Å²) in [6.07, 6.45) is 13.2. The van der Waals surface area contributed by atoms with Crippen molar-refractivity contribution in [1.82, 2.24) is 0 Å².